The van der Waals surface area contributed by atoms with Gasteiger partial charge >= 0.3 is 0 Å². The van der Waals surface area contributed by atoms with E-state index in [9.17, 15) is 4.79 Å². The Morgan fingerprint density at radius 3 is 2.39 bits per heavy atom. The van der Waals surface area contributed by atoms with Gasteiger partial charge in [-0.1, -0.05) is 44.2 Å². The molecule has 3 heterocycles. The summed E-state index contributed by atoms with van der Waals surface area (Å²) in [5, 5.41) is 4.54. The lowest BCUT2D eigenvalue weighted by Crippen LogP contribution is -2.50. The minimum atomic E-state index is 0.0675. The number of benzene rings is 1. The lowest BCUT2D eigenvalue weighted by atomic mass is 10.0. The molecule has 1 fully saturated rings. The van der Waals surface area contributed by atoms with Gasteiger partial charge in [0.25, 0.3) is 5.91 Å². The lowest BCUT2D eigenvalue weighted by Gasteiger charge is -2.39. The van der Waals surface area contributed by atoms with Gasteiger partial charge in [-0.15, -0.1) is 0 Å². The van der Waals surface area contributed by atoms with Crippen molar-refractivity contribution in [2.45, 2.75) is 26.3 Å². The summed E-state index contributed by atoms with van der Waals surface area (Å²) in [6.45, 7) is 7.32. The fourth-order valence-electron chi connectivity index (χ4n) is 4.39. The average molecular weight is 421 g/mol. The van der Waals surface area contributed by atoms with Crippen molar-refractivity contribution in [2.24, 2.45) is 20.0 Å². The van der Waals surface area contributed by atoms with Crippen LogP contribution >= 0.6 is 0 Å². The standard InChI is InChI=1S/C24H32N6O/c1-18(2)16-20-17-21(28(4)26-20)24(31)30-14-12-29(13-15-30)22(19-8-6-5-7-9-19)23-25-10-11-27(23)3/h5-11,17-18,22H,12-16H2,1-4H3/t22-/m1/s1. The quantitative estimate of drug-likeness (QED) is 0.615. The predicted octanol–water partition coefficient (Wildman–Crippen LogP) is 2.90. The number of hydrogen-bond donors (Lipinski definition) is 0. The second-order valence-corrected chi connectivity index (χ2v) is 8.78. The number of carbonyl (C=O) groups is 1. The topological polar surface area (TPSA) is 59.2 Å². The Kier molecular flexibility index (Phi) is 6.23. The maximum Gasteiger partial charge on any atom is 0.272 e. The van der Waals surface area contributed by atoms with Crippen molar-refractivity contribution >= 4 is 5.91 Å². The van der Waals surface area contributed by atoms with E-state index in [1.807, 2.05) is 43.5 Å². The van der Waals surface area contributed by atoms with Crippen LogP contribution in [0.25, 0.3) is 0 Å². The van der Waals surface area contributed by atoms with Crippen LogP contribution in [0.5, 0.6) is 0 Å². The van der Waals surface area contributed by atoms with Crippen molar-refractivity contribution in [3.05, 3.63) is 71.6 Å². The average Bonchev–Trinajstić information content (AvgIpc) is 3.34. The summed E-state index contributed by atoms with van der Waals surface area (Å²) in [5.41, 5.74) is 2.88. The van der Waals surface area contributed by atoms with E-state index in [0.29, 0.717) is 24.7 Å². The van der Waals surface area contributed by atoms with Gasteiger partial charge in [-0.05, 0) is 24.0 Å². The van der Waals surface area contributed by atoms with Crippen LogP contribution in [0.15, 0.2) is 48.8 Å². The number of imidazole rings is 1. The number of aryl methyl sites for hydroxylation is 2. The maximum atomic E-state index is 13.2. The largest absolute Gasteiger partial charge is 0.336 e. The summed E-state index contributed by atoms with van der Waals surface area (Å²) >= 11 is 0. The lowest BCUT2D eigenvalue weighted by molar-refractivity contribution is 0.0580. The molecular weight excluding hydrogens is 388 g/mol. The zero-order valence-electron chi connectivity index (χ0n) is 18.9. The summed E-state index contributed by atoms with van der Waals surface area (Å²) in [4.78, 5) is 22.2. The summed E-state index contributed by atoms with van der Waals surface area (Å²) in [5.74, 6) is 1.61. The van der Waals surface area contributed by atoms with Gasteiger partial charge in [0, 0.05) is 52.7 Å². The first-order valence-electron chi connectivity index (χ1n) is 11.0. The summed E-state index contributed by atoms with van der Waals surface area (Å²) < 4.78 is 3.81. The van der Waals surface area contributed by atoms with Crippen molar-refractivity contribution in [3.8, 4) is 0 Å². The minimum Gasteiger partial charge on any atom is -0.336 e. The van der Waals surface area contributed by atoms with Crippen molar-refractivity contribution in [3.63, 3.8) is 0 Å². The minimum absolute atomic E-state index is 0.0675. The smallest absolute Gasteiger partial charge is 0.272 e. The number of amides is 1. The highest BCUT2D eigenvalue weighted by atomic mass is 16.2. The van der Waals surface area contributed by atoms with Crippen LogP contribution in [0.4, 0.5) is 0 Å². The van der Waals surface area contributed by atoms with Crippen molar-refractivity contribution in [2.75, 3.05) is 26.2 Å². The highest BCUT2D eigenvalue weighted by Crippen LogP contribution is 2.28. The molecule has 2 aromatic heterocycles. The SMILES string of the molecule is CC(C)Cc1cc(C(=O)N2CCN([C@H](c3ccccc3)c3nccn3C)CC2)n(C)n1. The van der Waals surface area contributed by atoms with Gasteiger partial charge in [-0.3, -0.25) is 14.4 Å². The molecule has 31 heavy (non-hydrogen) atoms. The molecule has 0 saturated carbocycles. The normalized spacial score (nSPS) is 16.1. The molecule has 7 nitrogen and oxygen atoms in total. The molecule has 1 aromatic carbocycles. The molecular formula is C24H32N6O. The second kappa shape index (κ2) is 9.06. The molecule has 0 radical (unpaired) electrons. The number of piperazine rings is 1. The van der Waals surface area contributed by atoms with E-state index >= 15 is 0 Å². The first-order chi connectivity index (χ1) is 14.9. The summed E-state index contributed by atoms with van der Waals surface area (Å²) in [6, 6.07) is 12.5. The molecule has 3 aromatic rings. The highest BCUT2D eigenvalue weighted by Gasteiger charge is 2.31. The van der Waals surface area contributed by atoms with Crippen LogP contribution in [0.3, 0.4) is 0 Å². The van der Waals surface area contributed by atoms with Gasteiger partial charge in [-0.25, -0.2) is 4.98 Å². The Hall–Kier alpha value is -2.93. The van der Waals surface area contributed by atoms with Gasteiger partial charge in [0.2, 0.25) is 0 Å². The number of rotatable bonds is 6. The highest BCUT2D eigenvalue weighted by molar-refractivity contribution is 5.92. The fraction of sp³-hybridized carbons (Fsp3) is 0.458. The monoisotopic (exact) mass is 420 g/mol. The van der Waals surface area contributed by atoms with Gasteiger partial charge < -0.3 is 9.47 Å². The van der Waals surface area contributed by atoms with E-state index in [4.69, 9.17) is 0 Å². The maximum absolute atomic E-state index is 13.2. The van der Waals surface area contributed by atoms with Crippen LogP contribution in [0.1, 0.15) is 47.5 Å². The zero-order valence-corrected chi connectivity index (χ0v) is 18.9. The molecule has 164 valence electrons. The van der Waals surface area contributed by atoms with Gasteiger partial charge in [0.05, 0.1) is 11.7 Å². The molecule has 1 aliphatic rings. The van der Waals surface area contributed by atoms with E-state index in [2.05, 4.69) is 57.7 Å². The third kappa shape index (κ3) is 4.56. The Labute approximate surface area is 184 Å². The van der Waals surface area contributed by atoms with Crippen LogP contribution < -0.4 is 0 Å². The number of hydrogen-bond acceptors (Lipinski definition) is 4. The molecule has 0 aliphatic carbocycles. The third-order valence-corrected chi connectivity index (χ3v) is 5.95. The van der Waals surface area contributed by atoms with Crippen LogP contribution in [0, 0.1) is 5.92 Å². The molecule has 7 heteroatoms. The van der Waals surface area contributed by atoms with Gasteiger partial charge in [0.15, 0.2) is 0 Å². The molecule has 0 bridgehead atoms. The van der Waals surface area contributed by atoms with E-state index < -0.39 is 0 Å². The van der Waals surface area contributed by atoms with E-state index in [-0.39, 0.29) is 11.9 Å². The number of aromatic nitrogens is 4. The Bertz CT molecular complexity index is 1010. The summed E-state index contributed by atoms with van der Waals surface area (Å²) in [6.07, 6.45) is 4.72. The molecule has 0 unspecified atom stereocenters. The van der Waals surface area contributed by atoms with Gasteiger partial charge in [0.1, 0.15) is 11.5 Å². The van der Waals surface area contributed by atoms with Crippen LogP contribution in [-0.2, 0) is 20.5 Å². The molecule has 1 aliphatic heterocycles. The Balaban J connectivity index is 1.49. The number of carbonyl (C=O) groups excluding carboxylic acids is 1. The first kappa shape index (κ1) is 21.3. The van der Waals surface area contributed by atoms with E-state index in [1.165, 1.54) is 5.56 Å². The van der Waals surface area contributed by atoms with Crippen molar-refractivity contribution in [1.29, 1.82) is 0 Å². The third-order valence-electron chi connectivity index (χ3n) is 5.95. The Morgan fingerprint density at radius 2 is 1.77 bits per heavy atom. The van der Waals surface area contributed by atoms with E-state index in [1.54, 1.807) is 4.68 Å². The summed E-state index contributed by atoms with van der Waals surface area (Å²) in [7, 11) is 3.90. The number of nitrogens with zero attached hydrogens (tertiary/aromatic N) is 6. The molecule has 1 atom stereocenters. The Morgan fingerprint density at radius 1 is 1.06 bits per heavy atom. The molecule has 1 saturated heterocycles. The molecule has 4 rings (SSSR count). The van der Waals surface area contributed by atoms with Crippen molar-refractivity contribution in [1.82, 2.24) is 29.1 Å². The predicted molar refractivity (Wildman–Crippen MR) is 121 cm³/mol. The van der Waals surface area contributed by atoms with Gasteiger partial charge in [-0.2, -0.15) is 5.10 Å². The van der Waals surface area contributed by atoms with E-state index in [0.717, 1.165) is 31.0 Å². The molecule has 0 spiro atoms. The first-order valence-corrected chi connectivity index (χ1v) is 11.0. The zero-order chi connectivity index (χ0) is 22.0. The fourth-order valence-corrected chi connectivity index (χ4v) is 4.39. The second-order valence-electron chi connectivity index (χ2n) is 8.78. The van der Waals surface area contributed by atoms with Crippen molar-refractivity contribution < 1.29 is 4.79 Å². The molecule has 0 N–H and O–H groups in total. The molecule has 1 amide bonds. The van der Waals surface area contributed by atoms with Crippen LogP contribution in [0.2, 0.25) is 0 Å². The van der Waals surface area contributed by atoms with Crippen LogP contribution in [-0.4, -0.2) is 61.2 Å².